The van der Waals surface area contributed by atoms with Crippen molar-refractivity contribution >= 4 is 5.78 Å². The molecule has 1 aromatic carbocycles. The average molecular weight is 182 g/mol. The Kier molecular flexibility index (Phi) is 3.13. The van der Waals surface area contributed by atoms with E-state index < -0.39 is 18.2 Å². The topological polar surface area (TPSA) is 77.8 Å². The fourth-order valence-corrected chi connectivity index (χ4v) is 0.909. The molecular weight excluding hydrogens is 172 g/mol. The summed E-state index contributed by atoms with van der Waals surface area (Å²) in [6.45, 7) is 0. The summed E-state index contributed by atoms with van der Waals surface area (Å²) in [6.07, 6.45) is -3.81. The van der Waals surface area contributed by atoms with E-state index in [1.165, 1.54) is 12.1 Å². The Bertz CT molecular complexity index is 281. The van der Waals surface area contributed by atoms with Gasteiger partial charge in [0.2, 0.25) is 0 Å². The van der Waals surface area contributed by atoms with E-state index in [4.69, 9.17) is 15.3 Å². The number of Topliss-reactive ketones (excluding diaryl/α,β-unsaturated/α-hetero) is 1. The third-order valence-electron chi connectivity index (χ3n) is 1.61. The van der Waals surface area contributed by atoms with Gasteiger partial charge in [-0.05, 0) is 0 Å². The number of hydrogen-bond donors (Lipinski definition) is 3. The van der Waals surface area contributed by atoms with Crippen LogP contribution in [0.25, 0.3) is 0 Å². The number of benzene rings is 1. The lowest BCUT2D eigenvalue weighted by Crippen LogP contribution is -2.33. The monoisotopic (exact) mass is 182 g/mol. The van der Waals surface area contributed by atoms with Gasteiger partial charge in [-0.1, -0.05) is 30.3 Å². The summed E-state index contributed by atoms with van der Waals surface area (Å²) in [4.78, 5) is 11.2. The highest BCUT2D eigenvalue weighted by Gasteiger charge is 2.22. The lowest BCUT2D eigenvalue weighted by molar-refractivity contribution is -0.105. The van der Waals surface area contributed by atoms with Crippen LogP contribution in [0.2, 0.25) is 0 Å². The predicted octanol–water partition coefficient (Wildman–Crippen LogP) is -0.459. The van der Waals surface area contributed by atoms with Crippen LogP contribution in [-0.4, -0.2) is 33.5 Å². The van der Waals surface area contributed by atoms with E-state index >= 15 is 0 Å². The third-order valence-corrected chi connectivity index (χ3v) is 1.61. The molecule has 0 amide bonds. The molecule has 0 aromatic heterocycles. The maximum absolute atomic E-state index is 11.2. The molecule has 1 unspecified atom stereocenters. The van der Waals surface area contributed by atoms with Crippen molar-refractivity contribution in [2.45, 2.75) is 12.4 Å². The third kappa shape index (κ3) is 2.35. The van der Waals surface area contributed by atoms with E-state index in [1.807, 2.05) is 0 Å². The summed E-state index contributed by atoms with van der Waals surface area (Å²) in [6, 6.07) is 7.97. The van der Waals surface area contributed by atoms with Crippen LogP contribution in [-0.2, 0) is 0 Å². The second-order valence-corrected chi connectivity index (χ2v) is 2.59. The normalized spacial score (nSPS) is 12.9. The van der Waals surface area contributed by atoms with Gasteiger partial charge < -0.3 is 15.3 Å². The number of hydrogen-bond acceptors (Lipinski definition) is 4. The van der Waals surface area contributed by atoms with Gasteiger partial charge in [-0.3, -0.25) is 4.79 Å². The molecule has 1 aromatic rings. The van der Waals surface area contributed by atoms with E-state index in [9.17, 15) is 4.79 Å². The van der Waals surface area contributed by atoms with Gasteiger partial charge in [0.15, 0.2) is 18.2 Å². The number of carbonyl (C=O) groups is 1. The molecule has 1 rings (SSSR count). The van der Waals surface area contributed by atoms with Crippen molar-refractivity contribution in [3.63, 3.8) is 0 Å². The molecular formula is C9H10O4. The second-order valence-electron chi connectivity index (χ2n) is 2.59. The molecule has 0 spiro atoms. The van der Waals surface area contributed by atoms with Gasteiger partial charge in [0.05, 0.1) is 0 Å². The SMILES string of the molecule is O=C(c1ccccc1)C(O)C(O)O. The van der Waals surface area contributed by atoms with Crippen molar-refractivity contribution in [3.8, 4) is 0 Å². The summed E-state index contributed by atoms with van der Waals surface area (Å²) in [5.41, 5.74) is 0.253. The molecule has 0 radical (unpaired) electrons. The Morgan fingerprint density at radius 1 is 1.08 bits per heavy atom. The van der Waals surface area contributed by atoms with Crippen LogP contribution in [0.3, 0.4) is 0 Å². The number of rotatable bonds is 3. The minimum absolute atomic E-state index is 0.253. The first-order chi connectivity index (χ1) is 6.13. The first-order valence-electron chi connectivity index (χ1n) is 3.76. The highest BCUT2D eigenvalue weighted by atomic mass is 16.5. The van der Waals surface area contributed by atoms with E-state index in [0.717, 1.165) is 0 Å². The maximum Gasteiger partial charge on any atom is 0.196 e. The second kappa shape index (κ2) is 4.13. The molecule has 0 aliphatic heterocycles. The highest BCUT2D eigenvalue weighted by Crippen LogP contribution is 2.04. The molecule has 0 bridgehead atoms. The van der Waals surface area contributed by atoms with Crippen molar-refractivity contribution in [1.82, 2.24) is 0 Å². The quantitative estimate of drug-likeness (QED) is 0.436. The standard InChI is InChI=1S/C9H10O4/c10-7(8(11)9(12)13)6-4-2-1-3-5-6/h1-5,8-9,11-13H. The zero-order valence-corrected chi connectivity index (χ0v) is 6.79. The number of aliphatic hydroxyl groups is 3. The lowest BCUT2D eigenvalue weighted by atomic mass is 10.1. The van der Waals surface area contributed by atoms with Crippen molar-refractivity contribution in [2.24, 2.45) is 0 Å². The van der Waals surface area contributed by atoms with Crippen LogP contribution in [0.4, 0.5) is 0 Å². The number of ketones is 1. The van der Waals surface area contributed by atoms with Crippen molar-refractivity contribution in [1.29, 1.82) is 0 Å². The molecule has 0 saturated heterocycles. The molecule has 70 valence electrons. The molecule has 0 fully saturated rings. The van der Waals surface area contributed by atoms with Crippen LogP contribution in [0.5, 0.6) is 0 Å². The summed E-state index contributed by atoms with van der Waals surface area (Å²) >= 11 is 0. The molecule has 0 saturated carbocycles. The summed E-state index contributed by atoms with van der Waals surface area (Å²) in [5, 5.41) is 26.1. The zero-order chi connectivity index (χ0) is 9.84. The number of carbonyl (C=O) groups excluding carboxylic acids is 1. The van der Waals surface area contributed by atoms with Crippen molar-refractivity contribution < 1.29 is 20.1 Å². The average Bonchev–Trinajstić information content (AvgIpc) is 2.17. The van der Waals surface area contributed by atoms with Gasteiger partial charge in [-0.15, -0.1) is 0 Å². The Balaban J connectivity index is 2.80. The van der Waals surface area contributed by atoms with E-state index in [1.54, 1.807) is 18.2 Å². The summed E-state index contributed by atoms with van der Waals surface area (Å²) < 4.78 is 0. The van der Waals surface area contributed by atoms with Crippen LogP contribution >= 0.6 is 0 Å². The van der Waals surface area contributed by atoms with Gasteiger partial charge in [0.25, 0.3) is 0 Å². The van der Waals surface area contributed by atoms with Gasteiger partial charge in [-0.25, -0.2) is 0 Å². The molecule has 3 N–H and O–H groups in total. The highest BCUT2D eigenvalue weighted by molar-refractivity contribution is 5.99. The molecule has 0 aliphatic carbocycles. The summed E-state index contributed by atoms with van der Waals surface area (Å²) in [5.74, 6) is -0.699. The molecule has 0 aliphatic rings. The molecule has 4 heteroatoms. The van der Waals surface area contributed by atoms with Gasteiger partial charge in [0, 0.05) is 5.56 Å². The van der Waals surface area contributed by atoms with Crippen LogP contribution in [0.1, 0.15) is 10.4 Å². The molecule has 4 nitrogen and oxygen atoms in total. The summed E-state index contributed by atoms with van der Waals surface area (Å²) in [7, 11) is 0. The minimum Gasteiger partial charge on any atom is -0.380 e. The van der Waals surface area contributed by atoms with Crippen LogP contribution in [0.15, 0.2) is 30.3 Å². The Hall–Kier alpha value is -1.23. The van der Waals surface area contributed by atoms with Gasteiger partial charge >= 0.3 is 0 Å². The van der Waals surface area contributed by atoms with Crippen LogP contribution < -0.4 is 0 Å². The molecule has 13 heavy (non-hydrogen) atoms. The smallest absolute Gasteiger partial charge is 0.196 e. The van der Waals surface area contributed by atoms with Crippen LogP contribution in [0, 0.1) is 0 Å². The Morgan fingerprint density at radius 3 is 2.08 bits per heavy atom. The predicted molar refractivity (Wildman–Crippen MR) is 45.0 cm³/mol. The van der Waals surface area contributed by atoms with Crippen molar-refractivity contribution in [2.75, 3.05) is 0 Å². The Morgan fingerprint density at radius 2 is 1.62 bits per heavy atom. The largest absolute Gasteiger partial charge is 0.380 e. The maximum atomic E-state index is 11.2. The first kappa shape index (κ1) is 9.85. The zero-order valence-electron chi connectivity index (χ0n) is 6.79. The minimum atomic E-state index is -2.03. The van der Waals surface area contributed by atoms with E-state index in [-0.39, 0.29) is 5.56 Å². The van der Waals surface area contributed by atoms with E-state index in [0.29, 0.717) is 0 Å². The Labute approximate surface area is 75.1 Å². The fraction of sp³-hybridized carbons (Fsp3) is 0.222. The number of aliphatic hydroxyl groups excluding tert-OH is 2. The lowest BCUT2D eigenvalue weighted by Gasteiger charge is -2.10. The van der Waals surface area contributed by atoms with Gasteiger partial charge in [-0.2, -0.15) is 0 Å². The van der Waals surface area contributed by atoms with E-state index in [2.05, 4.69) is 0 Å². The molecule has 1 atom stereocenters. The first-order valence-corrected chi connectivity index (χ1v) is 3.76. The fourth-order valence-electron chi connectivity index (χ4n) is 0.909. The van der Waals surface area contributed by atoms with Gasteiger partial charge in [0.1, 0.15) is 0 Å². The van der Waals surface area contributed by atoms with Crippen molar-refractivity contribution in [3.05, 3.63) is 35.9 Å². The molecule has 0 heterocycles.